The quantitative estimate of drug-likeness (QED) is 0.489. The number of rotatable bonds is 3. The van der Waals surface area contributed by atoms with E-state index in [1.165, 1.54) is 6.08 Å². The molecular weight excluding hydrogens is 222 g/mol. The summed E-state index contributed by atoms with van der Waals surface area (Å²) in [6, 6.07) is 3.47. The van der Waals surface area contributed by atoms with Crippen LogP contribution >= 0.6 is 0 Å². The third-order valence-electron chi connectivity index (χ3n) is 2.22. The Morgan fingerprint density at radius 2 is 2.35 bits per heavy atom. The number of ether oxygens (including phenoxy) is 3. The van der Waals surface area contributed by atoms with Crippen LogP contribution in [0.15, 0.2) is 18.2 Å². The average molecular weight is 235 g/mol. The Morgan fingerprint density at radius 1 is 1.53 bits per heavy atom. The zero-order valence-electron chi connectivity index (χ0n) is 9.43. The lowest BCUT2D eigenvalue weighted by atomic mass is 10.1. The zero-order valence-corrected chi connectivity index (χ0v) is 9.43. The highest BCUT2D eigenvalue weighted by molar-refractivity contribution is 5.87. The van der Waals surface area contributed by atoms with Crippen LogP contribution in [0, 0.1) is 0 Å². The van der Waals surface area contributed by atoms with Crippen LogP contribution in [0.5, 0.6) is 11.5 Å². The summed E-state index contributed by atoms with van der Waals surface area (Å²) < 4.78 is 15.2. The largest absolute Gasteiger partial charge is 0.463 e. The molecule has 0 bridgehead atoms. The van der Waals surface area contributed by atoms with E-state index < -0.39 is 0 Å². The van der Waals surface area contributed by atoms with Crippen LogP contribution in [0.3, 0.4) is 0 Å². The minimum atomic E-state index is -0.385. The van der Waals surface area contributed by atoms with Crippen molar-refractivity contribution in [1.82, 2.24) is 0 Å². The van der Waals surface area contributed by atoms with Crippen molar-refractivity contribution in [2.75, 3.05) is 19.1 Å². The molecule has 1 heterocycles. The summed E-state index contributed by atoms with van der Waals surface area (Å²) >= 11 is 0. The number of carbonyl (C=O) groups is 1. The summed E-state index contributed by atoms with van der Waals surface area (Å²) in [6.07, 6.45) is 2.97. The van der Waals surface area contributed by atoms with Gasteiger partial charge in [-0.15, -0.1) is 0 Å². The molecule has 0 aromatic heterocycles. The maximum atomic E-state index is 11.1. The molecule has 2 rings (SSSR count). The van der Waals surface area contributed by atoms with Gasteiger partial charge in [0.15, 0.2) is 11.5 Å². The van der Waals surface area contributed by atoms with Gasteiger partial charge in [0.2, 0.25) is 6.79 Å². The van der Waals surface area contributed by atoms with Crippen LogP contribution in [-0.4, -0.2) is 19.4 Å². The van der Waals surface area contributed by atoms with Crippen LogP contribution in [-0.2, 0) is 9.53 Å². The number of benzene rings is 1. The van der Waals surface area contributed by atoms with E-state index in [9.17, 15) is 4.79 Å². The summed E-state index contributed by atoms with van der Waals surface area (Å²) in [5.41, 5.74) is 7.04. The molecule has 1 aliphatic rings. The van der Waals surface area contributed by atoms with Crippen LogP contribution < -0.4 is 15.2 Å². The maximum Gasteiger partial charge on any atom is 0.330 e. The van der Waals surface area contributed by atoms with E-state index >= 15 is 0 Å². The molecule has 5 heteroatoms. The number of hydrogen-bond donors (Lipinski definition) is 1. The highest BCUT2D eigenvalue weighted by Gasteiger charge is 2.16. The van der Waals surface area contributed by atoms with Gasteiger partial charge in [0.1, 0.15) is 0 Å². The number of hydrogen-bond acceptors (Lipinski definition) is 5. The molecule has 0 spiro atoms. The van der Waals surface area contributed by atoms with Crippen LogP contribution in [0.1, 0.15) is 12.5 Å². The van der Waals surface area contributed by atoms with E-state index in [-0.39, 0.29) is 12.8 Å². The van der Waals surface area contributed by atoms with Gasteiger partial charge in [0.05, 0.1) is 12.3 Å². The lowest BCUT2D eigenvalue weighted by molar-refractivity contribution is -0.137. The molecule has 17 heavy (non-hydrogen) atoms. The van der Waals surface area contributed by atoms with Crippen LogP contribution in [0.2, 0.25) is 0 Å². The van der Waals surface area contributed by atoms with Crippen molar-refractivity contribution < 1.29 is 19.0 Å². The minimum Gasteiger partial charge on any atom is -0.463 e. The SMILES string of the molecule is CCOC(=O)/C=C/c1cc(N)c2c(c1)OCO2. The number of fused-ring (bicyclic) bond motifs is 1. The second-order valence-corrected chi connectivity index (χ2v) is 3.43. The summed E-state index contributed by atoms with van der Waals surface area (Å²) in [5.74, 6) is 0.760. The molecule has 0 fully saturated rings. The molecule has 0 amide bonds. The van der Waals surface area contributed by atoms with Gasteiger partial charge in [-0.1, -0.05) is 0 Å². The van der Waals surface area contributed by atoms with Gasteiger partial charge in [-0.2, -0.15) is 0 Å². The molecule has 0 aliphatic carbocycles. The second-order valence-electron chi connectivity index (χ2n) is 3.43. The lowest BCUT2D eigenvalue weighted by Crippen LogP contribution is -1.98. The Bertz CT molecular complexity index is 468. The Hall–Kier alpha value is -2.17. The Labute approximate surface area is 98.8 Å². The van der Waals surface area contributed by atoms with Crippen molar-refractivity contribution in [1.29, 1.82) is 0 Å². The predicted molar refractivity (Wildman–Crippen MR) is 62.6 cm³/mol. The van der Waals surface area contributed by atoms with E-state index in [1.54, 1.807) is 25.1 Å². The standard InChI is InChI=1S/C12H13NO4/c1-2-15-11(14)4-3-8-5-9(13)12-10(6-8)16-7-17-12/h3-6H,2,7,13H2,1H3/b4-3+. The predicted octanol–water partition coefficient (Wildman–Crippen LogP) is 1.57. The van der Waals surface area contributed by atoms with E-state index in [1.807, 2.05) is 0 Å². The van der Waals surface area contributed by atoms with Gasteiger partial charge in [-0.25, -0.2) is 4.79 Å². The third-order valence-corrected chi connectivity index (χ3v) is 2.22. The van der Waals surface area contributed by atoms with Crippen molar-refractivity contribution in [2.45, 2.75) is 6.92 Å². The second kappa shape index (κ2) is 4.78. The third kappa shape index (κ3) is 2.50. The van der Waals surface area contributed by atoms with Crippen molar-refractivity contribution in [3.63, 3.8) is 0 Å². The summed E-state index contributed by atoms with van der Waals surface area (Å²) in [6.45, 7) is 2.28. The number of nitrogen functional groups attached to an aromatic ring is 1. The molecule has 0 atom stereocenters. The van der Waals surface area contributed by atoms with Crippen LogP contribution in [0.25, 0.3) is 6.08 Å². The highest BCUT2D eigenvalue weighted by Crippen LogP contribution is 2.38. The first kappa shape index (κ1) is 11.3. The molecule has 1 aromatic carbocycles. The average Bonchev–Trinajstić information content (AvgIpc) is 2.75. The molecule has 0 saturated carbocycles. The van der Waals surface area contributed by atoms with Crippen molar-refractivity contribution in [2.24, 2.45) is 0 Å². The van der Waals surface area contributed by atoms with E-state index in [0.717, 1.165) is 5.56 Å². The van der Waals surface area contributed by atoms with E-state index in [0.29, 0.717) is 23.8 Å². The van der Waals surface area contributed by atoms with Gasteiger partial charge in [0, 0.05) is 6.08 Å². The van der Waals surface area contributed by atoms with Gasteiger partial charge < -0.3 is 19.9 Å². The fourth-order valence-corrected chi connectivity index (χ4v) is 1.51. The molecule has 90 valence electrons. The minimum absolute atomic E-state index is 0.171. The van der Waals surface area contributed by atoms with Crippen LogP contribution in [0.4, 0.5) is 5.69 Å². The molecule has 0 radical (unpaired) electrons. The first-order valence-corrected chi connectivity index (χ1v) is 5.24. The number of esters is 1. The molecule has 0 saturated heterocycles. The van der Waals surface area contributed by atoms with Crippen molar-refractivity contribution in [3.05, 3.63) is 23.8 Å². The number of nitrogens with two attached hydrogens (primary N) is 1. The first-order valence-electron chi connectivity index (χ1n) is 5.24. The monoisotopic (exact) mass is 235 g/mol. The molecular formula is C12H13NO4. The zero-order chi connectivity index (χ0) is 12.3. The lowest BCUT2D eigenvalue weighted by Gasteiger charge is -2.02. The van der Waals surface area contributed by atoms with Gasteiger partial charge >= 0.3 is 5.97 Å². The molecule has 5 nitrogen and oxygen atoms in total. The van der Waals surface area contributed by atoms with Crippen molar-refractivity contribution in [3.8, 4) is 11.5 Å². The first-order chi connectivity index (χ1) is 8.20. The molecule has 0 unspecified atom stereocenters. The fourth-order valence-electron chi connectivity index (χ4n) is 1.51. The number of carbonyl (C=O) groups excluding carboxylic acids is 1. The fraction of sp³-hybridized carbons (Fsp3) is 0.250. The normalized spacial score (nSPS) is 13.0. The Balaban J connectivity index is 2.17. The Morgan fingerprint density at radius 3 is 3.12 bits per heavy atom. The molecule has 2 N–H and O–H groups in total. The highest BCUT2D eigenvalue weighted by atomic mass is 16.7. The molecule has 1 aromatic rings. The number of anilines is 1. The maximum absolute atomic E-state index is 11.1. The summed E-state index contributed by atoms with van der Waals surface area (Å²) in [7, 11) is 0. The smallest absolute Gasteiger partial charge is 0.330 e. The summed E-state index contributed by atoms with van der Waals surface area (Å²) in [5, 5.41) is 0. The van der Waals surface area contributed by atoms with Gasteiger partial charge in [0.25, 0.3) is 0 Å². The van der Waals surface area contributed by atoms with Gasteiger partial charge in [-0.05, 0) is 30.7 Å². The van der Waals surface area contributed by atoms with Gasteiger partial charge in [-0.3, -0.25) is 0 Å². The van der Waals surface area contributed by atoms with Crippen molar-refractivity contribution >= 4 is 17.7 Å². The Kier molecular flexibility index (Phi) is 3.18. The topological polar surface area (TPSA) is 70.8 Å². The van der Waals surface area contributed by atoms with E-state index in [4.69, 9.17) is 19.9 Å². The van der Waals surface area contributed by atoms with E-state index in [2.05, 4.69) is 0 Å². The summed E-state index contributed by atoms with van der Waals surface area (Å²) in [4.78, 5) is 11.1. The molecule has 1 aliphatic heterocycles.